The molecule has 0 atom stereocenters. The number of ether oxygens (including phenoxy) is 1. The van der Waals surface area contributed by atoms with Gasteiger partial charge in [-0.15, -0.1) is 0 Å². The van der Waals surface area contributed by atoms with Gasteiger partial charge in [-0.05, 0) is 62.4 Å². The van der Waals surface area contributed by atoms with Crippen LogP contribution in [0.5, 0.6) is 11.5 Å². The third kappa shape index (κ3) is 3.34. The molecule has 0 aliphatic carbocycles. The lowest BCUT2D eigenvalue weighted by molar-refractivity contribution is 0.0847. The minimum Gasteiger partial charge on any atom is -0.457 e. The lowest BCUT2D eigenvalue weighted by atomic mass is 9.93. The minimum atomic E-state index is -0.699. The van der Waals surface area contributed by atoms with Crippen molar-refractivity contribution in [2.75, 3.05) is 0 Å². The van der Waals surface area contributed by atoms with Gasteiger partial charge in [0, 0.05) is 23.0 Å². The zero-order chi connectivity index (χ0) is 17.2. The molecule has 0 bridgehead atoms. The third-order valence-electron chi connectivity index (χ3n) is 3.87. The fourth-order valence-electron chi connectivity index (χ4n) is 2.37. The van der Waals surface area contributed by atoms with Crippen LogP contribution >= 0.6 is 11.6 Å². The smallest absolute Gasteiger partial charge is 0.188 e. The molecule has 122 valence electrons. The number of carbonyl (C=O) groups excluding carboxylic acids is 1. The second-order valence-corrected chi connectivity index (χ2v) is 6.37. The number of halogens is 1. The molecule has 0 saturated carbocycles. The Morgan fingerprint density at radius 3 is 2.17 bits per heavy atom. The summed E-state index contributed by atoms with van der Waals surface area (Å²) in [6.45, 7) is 3.74. The predicted octanol–water partition coefficient (Wildman–Crippen LogP) is 4.95. The summed E-state index contributed by atoms with van der Waals surface area (Å²) in [6, 6.07) is 14.2. The van der Waals surface area contributed by atoms with Crippen molar-refractivity contribution in [3.63, 3.8) is 0 Å². The first-order valence-electron chi connectivity index (χ1n) is 7.53. The van der Waals surface area contributed by atoms with Gasteiger partial charge in [0.2, 0.25) is 0 Å². The second-order valence-electron chi connectivity index (χ2n) is 5.94. The molecular weight excluding hydrogens is 324 g/mol. The van der Waals surface area contributed by atoms with Crippen molar-refractivity contribution in [2.45, 2.75) is 19.4 Å². The molecule has 4 nitrogen and oxygen atoms in total. The fourth-order valence-corrected chi connectivity index (χ4v) is 2.50. The molecule has 0 spiro atoms. The third-order valence-corrected chi connectivity index (χ3v) is 4.12. The number of aromatic nitrogens is 2. The Morgan fingerprint density at radius 2 is 1.62 bits per heavy atom. The molecule has 1 aromatic heterocycles. The summed E-state index contributed by atoms with van der Waals surface area (Å²) in [7, 11) is 0. The first kappa shape index (κ1) is 16.3. The molecule has 3 aromatic rings. The van der Waals surface area contributed by atoms with E-state index in [1.165, 1.54) is 0 Å². The number of imidazole rings is 1. The maximum atomic E-state index is 12.8. The van der Waals surface area contributed by atoms with Crippen molar-refractivity contribution < 1.29 is 9.53 Å². The number of hydrogen-bond acceptors (Lipinski definition) is 3. The molecule has 1 heterocycles. The molecule has 0 radical (unpaired) electrons. The molecule has 3 rings (SSSR count). The fraction of sp³-hybridized carbons (Fsp3) is 0.158. The van der Waals surface area contributed by atoms with E-state index in [2.05, 4.69) is 4.98 Å². The monoisotopic (exact) mass is 340 g/mol. The molecule has 2 aromatic carbocycles. The van der Waals surface area contributed by atoms with Gasteiger partial charge in [-0.1, -0.05) is 11.6 Å². The van der Waals surface area contributed by atoms with Crippen LogP contribution in [0, 0.1) is 0 Å². The maximum Gasteiger partial charge on any atom is 0.188 e. The van der Waals surface area contributed by atoms with Gasteiger partial charge in [-0.2, -0.15) is 0 Å². The molecule has 0 aliphatic heterocycles. The van der Waals surface area contributed by atoms with E-state index in [1.807, 2.05) is 13.8 Å². The summed E-state index contributed by atoms with van der Waals surface area (Å²) >= 11 is 5.86. The van der Waals surface area contributed by atoms with Gasteiger partial charge >= 0.3 is 0 Å². The highest BCUT2D eigenvalue weighted by atomic mass is 35.5. The van der Waals surface area contributed by atoms with Crippen LogP contribution < -0.4 is 4.74 Å². The Bertz CT molecular complexity index is 823. The second kappa shape index (κ2) is 6.49. The van der Waals surface area contributed by atoms with E-state index in [-0.39, 0.29) is 5.78 Å². The molecule has 5 heteroatoms. The van der Waals surface area contributed by atoms with E-state index >= 15 is 0 Å². The Balaban J connectivity index is 1.76. The number of Topliss-reactive ketones (excluding diaryl/α,β-unsaturated/α-hetero) is 1. The van der Waals surface area contributed by atoms with Gasteiger partial charge in [-0.3, -0.25) is 4.79 Å². The molecule has 0 aliphatic rings. The quantitative estimate of drug-likeness (QED) is 0.617. The Hall–Kier alpha value is -2.59. The molecule has 0 amide bonds. The summed E-state index contributed by atoms with van der Waals surface area (Å²) in [6.07, 6.45) is 5.10. The topological polar surface area (TPSA) is 44.1 Å². The first-order valence-corrected chi connectivity index (χ1v) is 7.91. The van der Waals surface area contributed by atoms with E-state index < -0.39 is 5.54 Å². The van der Waals surface area contributed by atoms with Crippen molar-refractivity contribution in [3.8, 4) is 11.5 Å². The lowest BCUT2D eigenvalue weighted by Gasteiger charge is -2.24. The molecule has 24 heavy (non-hydrogen) atoms. The van der Waals surface area contributed by atoms with E-state index in [0.717, 1.165) is 0 Å². The van der Waals surface area contributed by atoms with Crippen LogP contribution in [0.25, 0.3) is 0 Å². The van der Waals surface area contributed by atoms with E-state index in [4.69, 9.17) is 16.3 Å². The average Bonchev–Trinajstić information content (AvgIpc) is 3.12. The van der Waals surface area contributed by atoms with E-state index in [1.54, 1.807) is 71.8 Å². The van der Waals surface area contributed by atoms with Gasteiger partial charge in [0.05, 0.1) is 6.33 Å². The SMILES string of the molecule is CC(C)(C(=O)c1ccc(Oc2ccc(Cl)cc2)cc1)n1ccnc1. The van der Waals surface area contributed by atoms with Crippen LogP contribution in [0.2, 0.25) is 5.02 Å². The molecule has 0 unspecified atom stereocenters. The summed E-state index contributed by atoms with van der Waals surface area (Å²) < 4.78 is 7.54. The highest BCUT2D eigenvalue weighted by molar-refractivity contribution is 6.30. The molecule has 0 fully saturated rings. The largest absolute Gasteiger partial charge is 0.457 e. The number of carbonyl (C=O) groups is 1. The lowest BCUT2D eigenvalue weighted by Crippen LogP contribution is -2.35. The van der Waals surface area contributed by atoms with Crippen LogP contribution in [0.1, 0.15) is 24.2 Å². The highest BCUT2D eigenvalue weighted by Crippen LogP contribution is 2.26. The Morgan fingerprint density at radius 1 is 1.04 bits per heavy atom. The van der Waals surface area contributed by atoms with Crippen molar-refractivity contribution >= 4 is 17.4 Å². The number of benzene rings is 2. The standard InChI is InChI=1S/C19H17ClN2O2/c1-19(2,22-12-11-21-13-22)18(23)14-3-7-16(8-4-14)24-17-9-5-15(20)6-10-17/h3-13H,1-2H3. The zero-order valence-corrected chi connectivity index (χ0v) is 14.2. The van der Waals surface area contributed by atoms with Gasteiger partial charge in [0.15, 0.2) is 5.78 Å². The summed E-state index contributed by atoms with van der Waals surface area (Å²) in [5.74, 6) is 1.37. The maximum absolute atomic E-state index is 12.8. The predicted molar refractivity (Wildman–Crippen MR) is 93.8 cm³/mol. The number of ketones is 1. The summed E-state index contributed by atoms with van der Waals surface area (Å²) in [4.78, 5) is 16.8. The molecule has 0 N–H and O–H groups in total. The number of nitrogens with zero attached hydrogens (tertiary/aromatic N) is 2. The van der Waals surface area contributed by atoms with Crippen molar-refractivity contribution in [1.82, 2.24) is 9.55 Å². The van der Waals surface area contributed by atoms with Gasteiger partial charge in [-0.25, -0.2) is 4.98 Å². The Kier molecular flexibility index (Phi) is 4.40. The van der Waals surface area contributed by atoms with E-state index in [9.17, 15) is 4.79 Å². The van der Waals surface area contributed by atoms with Crippen molar-refractivity contribution in [2.24, 2.45) is 0 Å². The number of hydrogen-bond donors (Lipinski definition) is 0. The normalized spacial score (nSPS) is 11.3. The van der Waals surface area contributed by atoms with Crippen LogP contribution in [0.4, 0.5) is 0 Å². The Labute approximate surface area is 145 Å². The van der Waals surface area contributed by atoms with Crippen LogP contribution in [0.3, 0.4) is 0 Å². The zero-order valence-electron chi connectivity index (χ0n) is 13.4. The van der Waals surface area contributed by atoms with E-state index in [0.29, 0.717) is 22.1 Å². The molecular formula is C19H17ClN2O2. The summed E-state index contributed by atoms with van der Waals surface area (Å²) in [5, 5.41) is 0.657. The van der Waals surface area contributed by atoms with Crippen LogP contribution in [0.15, 0.2) is 67.3 Å². The average molecular weight is 341 g/mol. The van der Waals surface area contributed by atoms with Crippen LogP contribution in [-0.2, 0) is 5.54 Å². The van der Waals surface area contributed by atoms with Crippen LogP contribution in [-0.4, -0.2) is 15.3 Å². The molecule has 0 saturated heterocycles. The van der Waals surface area contributed by atoms with Gasteiger partial charge in [0.25, 0.3) is 0 Å². The van der Waals surface area contributed by atoms with Gasteiger partial charge < -0.3 is 9.30 Å². The van der Waals surface area contributed by atoms with Crippen molar-refractivity contribution in [1.29, 1.82) is 0 Å². The number of rotatable bonds is 5. The summed E-state index contributed by atoms with van der Waals surface area (Å²) in [5.41, 5.74) is -0.0770. The minimum absolute atomic E-state index is 0.0125. The van der Waals surface area contributed by atoms with Gasteiger partial charge in [0.1, 0.15) is 17.0 Å². The highest BCUT2D eigenvalue weighted by Gasteiger charge is 2.30. The van der Waals surface area contributed by atoms with Crippen molar-refractivity contribution in [3.05, 3.63) is 77.8 Å². The first-order chi connectivity index (χ1) is 11.5.